The Bertz CT molecular complexity index is 317. The Morgan fingerprint density at radius 3 is 3.31 bits per heavy atom. The molecule has 1 aliphatic rings. The van der Waals surface area contributed by atoms with E-state index in [-0.39, 0.29) is 5.92 Å². The van der Waals surface area contributed by atoms with Crippen LogP contribution in [-0.2, 0) is 17.8 Å². The van der Waals surface area contributed by atoms with E-state index in [1.807, 2.05) is 6.20 Å². The molecule has 1 aliphatic heterocycles. The molecule has 3 heteroatoms. The average Bonchev–Trinajstić information content (AvgIpc) is 2.60. The Balaban J connectivity index is 2.41. The van der Waals surface area contributed by atoms with Crippen molar-refractivity contribution in [2.24, 2.45) is 0 Å². The van der Waals surface area contributed by atoms with Crippen LogP contribution in [0.3, 0.4) is 0 Å². The smallest absolute Gasteiger partial charge is 0.129 e. The number of imidazole rings is 1. The van der Waals surface area contributed by atoms with Gasteiger partial charge in [-0.25, -0.2) is 4.98 Å². The molecule has 3 nitrogen and oxygen atoms in total. The Kier molecular flexibility index (Phi) is 2.17. The highest BCUT2D eigenvalue weighted by atomic mass is 16.1. The fourth-order valence-corrected chi connectivity index (χ4v) is 2.02. The third-order valence-electron chi connectivity index (χ3n) is 2.73. The van der Waals surface area contributed by atoms with E-state index < -0.39 is 0 Å². The van der Waals surface area contributed by atoms with Crippen LogP contribution in [0.5, 0.6) is 0 Å². The highest BCUT2D eigenvalue weighted by Gasteiger charge is 2.21. The lowest BCUT2D eigenvalue weighted by atomic mass is 9.98. The third kappa shape index (κ3) is 1.28. The maximum atomic E-state index is 10.8. The molecule has 0 radical (unpaired) electrons. The molecule has 70 valence electrons. The van der Waals surface area contributed by atoms with Gasteiger partial charge < -0.3 is 9.36 Å². The maximum Gasteiger partial charge on any atom is 0.129 e. The molecule has 1 aromatic heterocycles. The number of rotatable bonds is 2. The van der Waals surface area contributed by atoms with Gasteiger partial charge in [-0.2, -0.15) is 0 Å². The Morgan fingerprint density at radius 1 is 1.77 bits per heavy atom. The van der Waals surface area contributed by atoms with E-state index in [2.05, 4.69) is 16.5 Å². The van der Waals surface area contributed by atoms with Gasteiger partial charge in [-0.3, -0.25) is 0 Å². The maximum absolute atomic E-state index is 10.8. The van der Waals surface area contributed by atoms with Crippen molar-refractivity contribution in [3.63, 3.8) is 0 Å². The molecule has 1 atom stereocenters. The summed E-state index contributed by atoms with van der Waals surface area (Å²) >= 11 is 0. The van der Waals surface area contributed by atoms with E-state index in [0.29, 0.717) is 0 Å². The molecule has 0 fully saturated rings. The van der Waals surface area contributed by atoms with Crippen LogP contribution in [0.25, 0.3) is 0 Å². The molecule has 0 amide bonds. The van der Waals surface area contributed by atoms with Gasteiger partial charge >= 0.3 is 0 Å². The second-order valence-electron chi connectivity index (χ2n) is 3.49. The van der Waals surface area contributed by atoms with Crippen LogP contribution >= 0.6 is 0 Å². The number of hydrogen-bond acceptors (Lipinski definition) is 2. The first-order valence-corrected chi connectivity index (χ1v) is 4.86. The molecule has 1 unspecified atom stereocenters. The van der Waals surface area contributed by atoms with E-state index in [9.17, 15) is 4.79 Å². The summed E-state index contributed by atoms with van der Waals surface area (Å²) in [4.78, 5) is 15.1. The molecule has 0 bridgehead atoms. The zero-order chi connectivity index (χ0) is 9.26. The molecule has 0 saturated carbocycles. The minimum Gasteiger partial charge on any atom is -0.331 e. The van der Waals surface area contributed by atoms with Crippen molar-refractivity contribution in [3.05, 3.63) is 17.7 Å². The second kappa shape index (κ2) is 3.32. The third-order valence-corrected chi connectivity index (χ3v) is 2.73. The zero-order valence-corrected chi connectivity index (χ0v) is 7.86. The van der Waals surface area contributed by atoms with Crippen molar-refractivity contribution in [2.45, 2.75) is 38.6 Å². The van der Waals surface area contributed by atoms with Crippen LogP contribution in [0.4, 0.5) is 0 Å². The minimum absolute atomic E-state index is 0.0848. The highest BCUT2D eigenvalue weighted by Crippen LogP contribution is 2.26. The van der Waals surface area contributed by atoms with Gasteiger partial charge in [0, 0.05) is 24.9 Å². The lowest BCUT2D eigenvalue weighted by Gasteiger charge is -2.20. The predicted octanol–water partition coefficient (Wildman–Crippen LogP) is 1.52. The molecule has 0 N–H and O–H groups in total. The number of aromatic nitrogens is 2. The topological polar surface area (TPSA) is 34.9 Å². The van der Waals surface area contributed by atoms with E-state index in [1.165, 1.54) is 0 Å². The summed E-state index contributed by atoms with van der Waals surface area (Å²) in [7, 11) is 0. The molecule has 0 saturated heterocycles. The normalized spacial score (nSPS) is 21.2. The number of nitrogens with zero attached hydrogens (tertiary/aromatic N) is 2. The fraction of sp³-hybridized carbons (Fsp3) is 0.600. The first-order chi connectivity index (χ1) is 6.36. The fourth-order valence-electron chi connectivity index (χ4n) is 2.02. The zero-order valence-electron chi connectivity index (χ0n) is 7.86. The molecule has 2 heterocycles. The highest BCUT2D eigenvalue weighted by molar-refractivity contribution is 5.61. The number of fused-ring (bicyclic) bond motifs is 1. The minimum atomic E-state index is 0.0848. The van der Waals surface area contributed by atoms with Crippen molar-refractivity contribution in [2.75, 3.05) is 0 Å². The molecule has 0 spiro atoms. The second-order valence-corrected chi connectivity index (χ2v) is 3.49. The van der Waals surface area contributed by atoms with Crippen LogP contribution in [0.1, 0.15) is 37.2 Å². The van der Waals surface area contributed by atoms with E-state index in [0.717, 1.165) is 43.6 Å². The monoisotopic (exact) mass is 178 g/mol. The summed E-state index contributed by atoms with van der Waals surface area (Å²) in [5.74, 6) is 1.20. The molecule has 0 aromatic carbocycles. The van der Waals surface area contributed by atoms with E-state index >= 15 is 0 Å². The lowest BCUT2D eigenvalue weighted by molar-refractivity contribution is -0.109. The van der Waals surface area contributed by atoms with Gasteiger partial charge in [-0.15, -0.1) is 0 Å². The number of aldehydes is 1. The van der Waals surface area contributed by atoms with Crippen molar-refractivity contribution < 1.29 is 4.79 Å². The van der Waals surface area contributed by atoms with Crippen LogP contribution in [-0.4, -0.2) is 15.8 Å². The molecular formula is C10H14N2O. The van der Waals surface area contributed by atoms with Gasteiger partial charge in [-0.05, 0) is 12.8 Å². The van der Waals surface area contributed by atoms with Crippen molar-refractivity contribution >= 4 is 6.29 Å². The Hall–Kier alpha value is -1.12. The van der Waals surface area contributed by atoms with Crippen molar-refractivity contribution in [1.29, 1.82) is 0 Å². The summed E-state index contributed by atoms with van der Waals surface area (Å²) < 4.78 is 2.20. The number of aryl methyl sites for hydroxylation is 1. The molecule has 2 rings (SSSR count). The van der Waals surface area contributed by atoms with Crippen LogP contribution in [0, 0.1) is 0 Å². The summed E-state index contributed by atoms with van der Waals surface area (Å²) in [5.41, 5.74) is 1.11. The summed E-state index contributed by atoms with van der Waals surface area (Å²) in [5, 5.41) is 0. The van der Waals surface area contributed by atoms with Gasteiger partial charge in [0.15, 0.2) is 0 Å². The van der Waals surface area contributed by atoms with E-state index in [1.54, 1.807) is 0 Å². The van der Waals surface area contributed by atoms with Gasteiger partial charge in [0.1, 0.15) is 12.1 Å². The van der Waals surface area contributed by atoms with Crippen molar-refractivity contribution in [1.82, 2.24) is 9.55 Å². The predicted molar refractivity (Wildman–Crippen MR) is 49.6 cm³/mol. The summed E-state index contributed by atoms with van der Waals surface area (Å²) in [6, 6.07) is 0. The molecular weight excluding hydrogens is 164 g/mol. The number of carbonyl (C=O) groups excluding carboxylic acids is 1. The summed E-state index contributed by atoms with van der Waals surface area (Å²) in [6.45, 7) is 3.13. The standard InChI is InChI=1S/C10H14N2O/c1-2-10-11-6-9-8(7-13)4-3-5-12(9)10/h6-8H,2-5H2,1H3. The molecule has 1 aromatic rings. The quantitative estimate of drug-likeness (QED) is 0.643. The van der Waals surface area contributed by atoms with Crippen LogP contribution < -0.4 is 0 Å². The lowest BCUT2D eigenvalue weighted by Crippen LogP contribution is -2.17. The Labute approximate surface area is 77.8 Å². The van der Waals surface area contributed by atoms with Crippen LogP contribution in [0.15, 0.2) is 6.20 Å². The Morgan fingerprint density at radius 2 is 2.62 bits per heavy atom. The largest absolute Gasteiger partial charge is 0.331 e. The molecule has 0 aliphatic carbocycles. The van der Waals surface area contributed by atoms with Gasteiger partial charge in [0.2, 0.25) is 0 Å². The summed E-state index contributed by atoms with van der Waals surface area (Å²) in [6.07, 6.45) is 5.94. The number of carbonyl (C=O) groups is 1. The van der Waals surface area contributed by atoms with E-state index in [4.69, 9.17) is 0 Å². The van der Waals surface area contributed by atoms with Gasteiger partial charge in [0.25, 0.3) is 0 Å². The first-order valence-electron chi connectivity index (χ1n) is 4.86. The average molecular weight is 178 g/mol. The van der Waals surface area contributed by atoms with Crippen LogP contribution in [0.2, 0.25) is 0 Å². The SMILES string of the molecule is CCc1ncc2n1CCCC2C=O. The first kappa shape index (κ1) is 8.48. The molecule has 13 heavy (non-hydrogen) atoms. The van der Waals surface area contributed by atoms with Gasteiger partial charge in [0.05, 0.1) is 5.92 Å². The van der Waals surface area contributed by atoms with Crippen molar-refractivity contribution in [3.8, 4) is 0 Å². The number of hydrogen-bond donors (Lipinski definition) is 0. The van der Waals surface area contributed by atoms with Gasteiger partial charge in [-0.1, -0.05) is 6.92 Å².